The Balaban J connectivity index is 1.58. The quantitative estimate of drug-likeness (QED) is 0.432. The van der Waals surface area contributed by atoms with Crippen LogP contribution in [-0.2, 0) is 19.6 Å². The minimum atomic E-state index is -3.78. The number of hydrogen-bond acceptors (Lipinski definition) is 5. The number of nitrogens with two attached hydrogens (primary N) is 1. The number of amides is 2. The highest BCUT2D eigenvalue weighted by molar-refractivity contribution is 9.10. The number of hydrazine groups is 1. The van der Waals surface area contributed by atoms with Crippen LogP contribution < -0.4 is 15.6 Å². The molecule has 152 valence electrons. The van der Waals surface area contributed by atoms with Crippen molar-refractivity contribution in [3.63, 3.8) is 0 Å². The molecule has 8 nitrogen and oxygen atoms in total. The van der Waals surface area contributed by atoms with Crippen molar-refractivity contribution in [2.24, 2.45) is 5.14 Å². The molecule has 0 aliphatic carbocycles. The Bertz CT molecular complexity index is 1280. The molecule has 1 aromatic heterocycles. The predicted octanol–water partition coefficient (Wildman–Crippen LogP) is 2.82. The SMILES string of the molecule is NS(=O)(=O)c1ccc(-c2ccc(/C=C3/C(=O)NN(c4ccc(Br)cc4)C3=O)o2)cc1. The lowest BCUT2D eigenvalue weighted by Crippen LogP contribution is -2.35. The number of rotatable bonds is 4. The Hall–Kier alpha value is -3.21. The van der Waals surface area contributed by atoms with E-state index in [-0.39, 0.29) is 10.5 Å². The number of furan rings is 1. The zero-order chi connectivity index (χ0) is 21.5. The molecule has 0 bridgehead atoms. The molecular weight excluding hydrogens is 474 g/mol. The molecule has 0 spiro atoms. The van der Waals surface area contributed by atoms with Crippen molar-refractivity contribution >= 4 is 49.5 Å². The van der Waals surface area contributed by atoms with Gasteiger partial charge in [0.15, 0.2) is 0 Å². The summed E-state index contributed by atoms with van der Waals surface area (Å²) in [4.78, 5) is 24.9. The van der Waals surface area contributed by atoms with Gasteiger partial charge in [-0.2, -0.15) is 0 Å². The van der Waals surface area contributed by atoms with Gasteiger partial charge in [0.25, 0.3) is 11.8 Å². The van der Waals surface area contributed by atoms with Gasteiger partial charge < -0.3 is 4.42 Å². The summed E-state index contributed by atoms with van der Waals surface area (Å²) in [6.07, 6.45) is 1.36. The molecule has 1 fully saturated rings. The number of carbonyl (C=O) groups excluding carboxylic acids is 2. The molecule has 1 aliphatic heterocycles. The second-order valence-corrected chi connectivity index (χ2v) is 8.86. The van der Waals surface area contributed by atoms with Gasteiger partial charge in [-0.1, -0.05) is 15.9 Å². The number of anilines is 1. The fourth-order valence-electron chi connectivity index (χ4n) is 2.87. The van der Waals surface area contributed by atoms with E-state index in [0.29, 0.717) is 22.8 Å². The molecule has 1 saturated heterocycles. The largest absolute Gasteiger partial charge is 0.457 e. The van der Waals surface area contributed by atoms with Gasteiger partial charge in [-0.25, -0.2) is 18.6 Å². The van der Waals surface area contributed by atoms with Gasteiger partial charge in [-0.05, 0) is 66.7 Å². The highest BCUT2D eigenvalue weighted by Crippen LogP contribution is 2.27. The van der Waals surface area contributed by atoms with Crippen LogP contribution >= 0.6 is 15.9 Å². The van der Waals surface area contributed by atoms with Gasteiger partial charge >= 0.3 is 0 Å². The second kappa shape index (κ2) is 7.56. The zero-order valence-electron chi connectivity index (χ0n) is 15.2. The van der Waals surface area contributed by atoms with Crippen molar-refractivity contribution in [2.45, 2.75) is 4.90 Å². The Labute approximate surface area is 180 Å². The summed E-state index contributed by atoms with van der Waals surface area (Å²) in [5.74, 6) is -0.300. The first kappa shape index (κ1) is 20.1. The average molecular weight is 488 g/mol. The van der Waals surface area contributed by atoms with Crippen LogP contribution in [0.25, 0.3) is 17.4 Å². The van der Waals surface area contributed by atoms with E-state index in [9.17, 15) is 18.0 Å². The van der Waals surface area contributed by atoms with Gasteiger partial charge in [0.05, 0.1) is 10.6 Å². The Morgan fingerprint density at radius 2 is 1.63 bits per heavy atom. The lowest BCUT2D eigenvalue weighted by molar-refractivity contribution is -0.117. The third-order valence-electron chi connectivity index (χ3n) is 4.36. The first-order valence-electron chi connectivity index (χ1n) is 8.58. The average Bonchev–Trinajstić information content (AvgIpc) is 3.28. The van der Waals surface area contributed by atoms with E-state index in [4.69, 9.17) is 9.56 Å². The minimum Gasteiger partial charge on any atom is -0.457 e. The Morgan fingerprint density at radius 1 is 0.967 bits per heavy atom. The van der Waals surface area contributed by atoms with E-state index in [1.807, 2.05) is 0 Å². The van der Waals surface area contributed by atoms with Crippen LogP contribution in [0.15, 0.2) is 80.0 Å². The molecule has 4 rings (SSSR count). The van der Waals surface area contributed by atoms with E-state index < -0.39 is 21.8 Å². The lowest BCUT2D eigenvalue weighted by atomic mass is 10.2. The number of carbonyl (C=O) groups is 2. The molecule has 2 aromatic carbocycles. The van der Waals surface area contributed by atoms with E-state index in [1.165, 1.54) is 18.2 Å². The van der Waals surface area contributed by atoms with Crippen molar-refractivity contribution in [1.82, 2.24) is 5.43 Å². The summed E-state index contributed by atoms with van der Waals surface area (Å²) in [5.41, 5.74) is 3.59. The van der Waals surface area contributed by atoms with Gasteiger partial charge in [0.1, 0.15) is 17.1 Å². The van der Waals surface area contributed by atoms with Gasteiger partial charge in [-0.15, -0.1) is 0 Å². The van der Waals surface area contributed by atoms with Gasteiger partial charge in [0.2, 0.25) is 10.0 Å². The number of hydrogen-bond donors (Lipinski definition) is 2. The second-order valence-electron chi connectivity index (χ2n) is 6.39. The minimum absolute atomic E-state index is 0.0126. The molecule has 2 heterocycles. The summed E-state index contributed by atoms with van der Waals surface area (Å²) in [6.45, 7) is 0. The molecule has 3 aromatic rings. The molecule has 0 atom stereocenters. The molecular formula is C20H14BrN3O5S. The van der Waals surface area contributed by atoms with Crippen LogP contribution in [0.4, 0.5) is 5.69 Å². The molecule has 2 amide bonds. The first-order chi connectivity index (χ1) is 14.2. The van der Waals surface area contributed by atoms with Gasteiger partial charge in [0, 0.05) is 10.0 Å². The van der Waals surface area contributed by atoms with Crippen LogP contribution in [-0.4, -0.2) is 20.2 Å². The van der Waals surface area contributed by atoms with Crippen molar-refractivity contribution in [2.75, 3.05) is 5.01 Å². The zero-order valence-corrected chi connectivity index (χ0v) is 17.6. The number of sulfonamides is 1. The number of halogens is 1. The Morgan fingerprint density at radius 3 is 2.27 bits per heavy atom. The van der Waals surface area contributed by atoms with Crippen molar-refractivity contribution in [3.8, 4) is 11.3 Å². The summed E-state index contributed by atoms with van der Waals surface area (Å²) in [6, 6.07) is 16.0. The van der Waals surface area contributed by atoms with E-state index >= 15 is 0 Å². The maximum atomic E-state index is 12.7. The Kier molecular flexibility index (Phi) is 5.06. The monoisotopic (exact) mass is 487 g/mol. The molecule has 0 unspecified atom stereocenters. The fourth-order valence-corrected chi connectivity index (χ4v) is 3.65. The fraction of sp³-hybridized carbons (Fsp3) is 0. The first-order valence-corrected chi connectivity index (χ1v) is 10.9. The lowest BCUT2D eigenvalue weighted by Gasteiger charge is -2.14. The number of nitrogens with one attached hydrogen (secondary N) is 1. The summed E-state index contributed by atoms with van der Waals surface area (Å²) in [5, 5.41) is 6.26. The topological polar surface area (TPSA) is 123 Å². The van der Waals surface area contributed by atoms with E-state index in [0.717, 1.165) is 9.48 Å². The summed E-state index contributed by atoms with van der Waals surface area (Å²) in [7, 11) is -3.78. The van der Waals surface area contributed by atoms with Crippen molar-refractivity contribution in [3.05, 3.63) is 76.5 Å². The number of benzene rings is 2. The van der Waals surface area contributed by atoms with Crippen LogP contribution in [0, 0.1) is 0 Å². The maximum Gasteiger partial charge on any atom is 0.282 e. The molecule has 0 saturated carbocycles. The predicted molar refractivity (Wildman–Crippen MR) is 113 cm³/mol. The third-order valence-corrected chi connectivity index (χ3v) is 5.81. The van der Waals surface area contributed by atoms with E-state index in [2.05, 4.69) is 21.4 Å². The summed E-state index contributed by atoms with van der Waals surface area (Å²) < 4.78 is 29.3. The van der Waals surface area contributed by atoms with Crippen molar-refractivity contribution < 1.29 is 22.4 Å². The maximum absolute atomic E-state index is 12.7. The molecule has 0 radical (unpaired) electrons. The highest BCUT2D eigenvalue weighted by Gasteiger charge is 2.34. The van der Waals surface area contributed by atoms with Gasteiger partial charge in [-0.3, -0.25) is 15.0 Å². The molecule has 3 N–H and O–H groups in total. The standard InChI is InChI=1S/C20H14BrN3O5S/c21-13-3-5-14(6-4-13)24-20(26)17(19(25)23-24)11-15-7-10-18(29-15)12-1-8-16(9-2-12)30(22,27)28/h1-11H,(H,23,25)(H2,22,27,28)/b17-11-. The molecule has 10 heteroatoms. The van der Waals surface area contributed by atoms with Crippen LogP contribution in [0.1, 0.15) is 5.76 Å². The number of nitrogens with zero attached hydrogens (tertiary/aromatic N) is 1. The van der Waals surface area contributed by atoms with Crippen LogP contribution in [0.3, 0.4) is 0 Å². The molecule has 1 aliphatic rings. The van der Waals surface area contributed by atoms with Crippen molar-refractivity contribution in [1.29, 1.82) is 0 Å². The number of primary sulfonamides is 1. The summed E-state index contributed by atoms with van der Waals surface area (Å²) >= 11 is 3.32. The third kappa shape index (κ3) is 3.92. The highest BCUT2D eigenvalue weighted by atomic mass is 79.9. The normalized spacial score (nSPS) is 15.7. The van der Waals surface area contributed by atoms with E-state index in [1.54, 1.807) is 48.5 Å². The van der Waals surface area contributed by atoms with Crippen LogP contribution in [0.5, 0.6) is 0 Å². The molecule has 30 heavy (non-hydrogen) atoms. The van der Waals surface area contributed by atoms with Crippen LogP contribution in [0.2, 0.25) is 0 Å². The smallest absolute Gasteiger partial charge is 0.282 e.